The number of piperazine rings is 1. The molecule has 1 aliphatic heterocycles. The molecule has 0 N–H and O–H groups in total. The Bertz CT molecular complexity index is 965. The molecule has 0 saturated carbocycles. The summed E-state index contributed by atoms with van der Waals surface area (Å²) in [5.74, 6) is -0.205. The molecule has 1 aromatic heterocycles. The van der Waals surface area contributed by atoms with Gasteiger partial charge in [0.2, 0.25) is 0 Å². The highest BCUT2D eigenvalue weighted by Gasteiger charge is 2.23. The minimum Gasteiger partial charge on any atom is -0.366 e. The van der Waals surface area contributed by atoms with Crippen LogP contribution >= 0.6 is 15.9 Å². The zero-order valence-electron chi connectivity index (χ0n) is 15.3. The van der Waals surface area contributed by atoms with Crippen LogP contribution in [0.25, 0.3) is 0 Å². The van der Waals surface area contributed by atoms with Crippen molar-refractivity contribution in [2.24, 2.45) is 0 Å². The molecule has 0 unspecified atom stereocenters. The van der Waals surface area contributed by atoms with Crippen LogP contribution in [-0.2, 0) is 6.54 Å². The van der Waals surface area contributed by atoms with E-state index in [1.807, 2.05) is 51.0 Å². The lowest BCUT2D eigenvalue weighted by Gasteiger charge is -2.36. The third kappa shape index (κ3) is 4.09. The molecular weight excluding hydrogens is 423 g/mol. The molecule has 144 valence electrons. The van der Waals surface area contributed by atoms with Gasteiger partial charge in [-0.1, -0.05) is 24.3 Å². The largest absolute Gasteiger partial charge is 0.366 e. The molecule has 1 aliphatic rings. The maximum absolute atomic E-state index is 14.0. The molecule has 1 amide bonds. The molecule has 5 nitrogen and oxygen atoms in total. The van der Waals surface area contributed by atoms with Gasteiger partial charge in [0, 0.05) is 37.9 Å². The molecule has 0 bridgehead atoms. The van der Waals surface area contributed by atoms with Gasteiger partial charge in [0.05, 0.1) is 22.9 Å². The third-order valence-corrected chi connectivity index (χ3v) is 5.32. The normalized spacial score (nSPS) is 14.4. The monoisotopic (exact) mass is 442 g/mol. The Morgan fingerprint density at radius 3 is 2.39 bits per heavy atom. The van der Waals surface area contributed by atoms with Crippen molar-refractivity contribution in [1.29, 1.82) is 0 Å². The highest BCUT2D eigenvalue weighted by molar-refractivity contribution is 9.10. The van der Waals surface area contributed by atoms with Crippen molar-refractivity contribution >= 4 is 27.5 Å². The number of para-hydroxylation sites is 1. The van der Waals surface area contributed by atoms with Crippen molar-refractivity contribution in [3.05, 3.63) is 82.3 Å². The Hall–Kier alpha value is -2.67. The van der Waals surface area contributed by atoms with E-state index in [1.165, 1.54) is 6.07 Å². The predicted molar refractivity (Wildman–Crippen MR) is 110 cm³/mol. The van der Waals surface area contributed by atoms with Crippen LogP contribution in [0.15, 0.2) is 65.4 Å². The minimum absolute atomic E-state index is 0.0153. The van der Waals surface area contributed by atoms with Gasteiger partial charge in [-0.2, -0.15) is 5.10 Å². The van der Waals surface area contributed by atoms with Gasteiger partial charge in [0.1, 0.15) is 5.82 Å². The third-order valence-electron chi connectivity index (χ3n) is 4.91. The van der Waals surface area contributed by atoms with Crippen LogP contribution in [-0.4, -0.2) is 46.8 Å². The number of benzene rings is 2. The van der Waals surface area contributed by atoms with Crippen LogP contribution < -0.4 is 4.90 Å². The van der Waals surface area contributed by atoms with Crippen LogP contribution in [0.4, 0.5) is 10.1 Å². The lowest BCUT2D eigenvalue weighted by molar-refractivity contribution is 0.0746. The lowest BCUT2D eigenvalue weighted by Crippen LogP contribution is -2.49. The van der Waals surface area contributed by atoms with Crippen molar-refractivity contribution in [3.63, 3.8) is 0 Å². The summed E-state index contributed by atoms with van der Waals surface area (Å²) in [6.45, 7) is 3.06. The van der Waals surface area contributed by atoms with Gasteiger partial charge in [0.25, 0.3) is 5.91 Å². The average Bonchev–Trinajstić information content (AvgIpc) is 3.13. The van der Waals surface area contributed by atoms with E-state index in [0.29, 0.717) is 44.0 Å². The smallest absolute Gasteiger partial charge is 0.253 e. The van der Waals surface area contributed by atoms with Gasteiger partial charge < -0.3 is 9.80 Å². The quantitative estimate of drug-likeness (QED) is 0.616. The first-order chi connectivity index (χ1) is 13.6. The van der Waals surface area contributed by atoms with E-state index in [4.69, 9.17) is 0 Å². The highest BCUT2D eigenvalue weighted by atomic mass is 79.9. The second kappa shape index (κ2) is 8.14. The molecule has 2 heterocycles. The Morgan fingerprint density at radius 1 is 1.04 bits per heavy atom. The molecule has 0 atom stereocenters. The number of aromatic nitrogens is 2. The highest BCUT2D eigenvalue weighted by Crippen LogP contribution is 2.21. The van der Waals surface area contributed by atoms with Crippen molar-refractivity contribution in [1.82, 2.24) is 14.7 Å². The van der Waals surface area contributed by atoms with Gasteiger partial charge in [-0.05, 0) is 45.8 Å². The first kappa shape index (κ1) is 18.7. The number of rotatable bonds is 4. The number of anilines is 1. The van der Waals surface area contributed by atoms with Crippen LogP contribution in [0.2, 0.25) is 0 Å². The number of halogens is 2. The number of amides is 1. The Kier molecular flexibility index (Phi) is 5.43. The van der Waals surface area contributed by atoms with Crippen molar-refractivity contribution in [2.45, 2.75) is 6.54 Å². The Balaban J connectivity index is 1.36. The predicted octanol–water partition coefficient (Wildman–Crippen LogP) is 3.80. The molecule has 0 radical (unpaired) electrons. The van der Waals surface area contributed by atoms with E-state index in [-0.39, 0.29) is 11.7 Å². The number of carbonyl (C=O) groups is 1. The van der Waals surface area contributed by atoms with E-state index in [1.54, 1.807) is 18.3 Å². The fourth-order valence-electron chi connectivity index (χ4n) is 3.41. The standard InChI is InChI=1S/C21H20BrFN4O/c22-18-13-24-27(15-18)14-16-5-7-17(8-6-16)21(28)26-11-9-25(10-12-26)20-4-2-1-3-19(20)23/h1-8,13,15H,9-12,14H2. The molecular formula is C21H20BrFN4O. The summed E-state index contributed by atoms with van der Waals surface area (Å²) in [6, 6.07) is 14.4. The molecule has 2 aromatic carbocycles. The summed E-state index contributed by atoms with van der Waals surface area (Å²) in [6.07, 6.45) is 3.66. The van der Waals surface area contributed by atoms with Gasteiger partial charge >= 0.3 is 0 Å². The average molecular weight is 443 g/mol. The SMILES string of the molecule is O=C(c1ccc(Cn2cc(Br)cn2)cc1)N1CCN(c2ccccc2F)CC1. The summed E-state index contributed by atoms with van der Waals surface area (Å²) in [7, 11) is 0. The number of hydrogen-bond acceptors (Lipinski definition) is 3. The zero-order chi connectivity index (χ0) is 19.5. The van der Waals surface area contributed by atoms with E-state index < -0.39 is 0 Å². The molecule has 0 aliphatic carbocycles. The summed E-state index contributed by atoms with van der Waals surface area (Å²) < 4.78 is 16.7. The van der Waals surface area contributed by atoms with Crippen molar-refractivity contribution < 1.29 is 9.18 Å². The maximum Gasteiger partial charge on any atom is 0.253 e. The lowest BCUT2D eigenvalue weighted by atomic mass is 10.1. The number of hydrogen-bond donors (Lipinski definition) is 0. The van der Waals surface area contributed by atoms with Crippen molar-refractivity contribution in [3.8, 4) is 0 Å². The van der Waals surface area contributed by atoms with E-state index in [0.717, 1.165) is 10.0 Å². The first-order valence-electron chi connectivity index (χ1n) is 9.16. The van der Waals surface area contributed by atoms with Gasteiger partial charge in [-0.15, -0.1) is 0 Å². The molecule has 3 aromatic rings. The molecule has 4 rings (SSSR count). The van der Waals surface area contributed by atoms with Crippen LogP contribution in [0.5, 0.6) is 0 Å². The summed E-state index contributed by atoms with van der Waals surface area (Å²) >= 11 is 3.39. The van der Waals surface area contributed by atoms with Crippen LogP contribution in [0.3, 0.4) is 0 Å². The fourth-order valence-corrected chi connectivity index (χ4v) is 3.73. The molecule has 28 heavy (non-hydrogen) atoms. The second-order valence-electron chi connectivity index (χ2n) is 6.78. The van der Waals surface area contributed by atoms with E-state index >= 15 is 0 Å². The molecule has 0 spiro atoms. The Labute approximate surface area is 171 Å². The number of nitrogens with zero attached hydrogens (tertiary/aromatic N) is 4. The minimum atomic E-state index is -0.220. The van der Waals surface area contributed by atoms with E-state index in [2.05, 4.69) is 21.0 Å². The van der Waals surface area contributed by atoms with E-state index in [9.17, 15) is 9.18 Å². The van der Waals surface area contributed by atoms with Crippen LogP contribution in [0.1, 0.15) is 15.9 Å². The number of carbonyl (C=O) groups excluding carboxylic acids is 1. The molecule has 7 heteroatoms. The summed E-state index contributed by atoms with van der Waals surface area (Å²) in [4.78, 5) is 16.6. The summed E-state index contributed by atoms with van der Waals surface area (Å²) in [5.41, 5.74) is 2.35. The Morgan fingerprint density at radius 2 is 1.75 bits per heavy atom. The molecule has 1 fully saturated rings. The summed E-state index contributed by atoms with van der Waals surface area (Å²) in [5, 5.41) is 4.24. The maximum atomic E-state index is 14.0. The molecule has 1 saturated heterocycles. The fraction of sp³-hybridized carbons (Fsp3) is 0.238. The van der Waals surface area contributed by atoms with Gasteiger partial charge in [-0.3, -0.25) is 9.48 Å². The second-order valence-corrected chi connectivity index (χ2v) is 7.70. The van der Waals surface area contributed by atoms with Crippen molar-refractivity contribution in [2.75, 3.05) is 31.1 Å². The van der Waals surface area contributed by atoms with Crippen LogP contribution in [0, 0.1) is 5.82 Å². The topological polar surface area (TPSA) is 41.4 Å². The first-order valence-corrected chi connectivity index (χ1v) is 9.95. The zero-order valence-corrected chi connectivity index (χ0v) is 16.8. The van der Waals surface area contributed by atoms with Gasteiger partial charge in [0.15, 0.2) is 0 Å². The van der Waals surface area contributed by atoms with Gasteiger partial charge in [-0.25, -0.2) is 4.39 Å².